The van der Waals surface area contributed by atoms with Crippen LogP contribution >= 0.6 is 27.5 Å². The van der Waals surface area contributed by atoms with Gasteiger partial charge in [0.1, 0.15) is 16.4 Å². The molecule has 3 aromatic rings. The molecule has 2 aromatic heterocycles. The van der Waals surface area contributed by atoms with E-state index in [1.54, 1.807) is 42.9 Å². The number of ketones is 1. The number of nitrogens with zero attached hydrogens (tertiary/aromatic N) is 4. The number of nitrogens with one attached hydrogen (secondary N) is 1. The van der Waals surface area contributed by atoms with E-state index in [9.17, 15) is 4.79 Å². The molecule has 2 atom stereocenters. The molecule has 2 unspecified atom stereocenters. The molecular formula is C17H17BrClN5O2. The van der Waals surface area contributed by atoms with Crippen molar-refractivity contribution in [1.82, 2.24) is 24.7 Å². The van der Waals surface area contributed by atoms with Gasteiger partial charge in [-0.05, 0) is 12.1 Å². The SMILES string of the molecule is CC(C)(C(=O)C(Oc1ccccc1)(c1nc[nH]n1)n1ccnc1)C(Cl)Br. The Hall–Kier alpha value is -2.19. The van der Waals surface area contributed by atoms with Gasteiger partial charge in [0, 0.05) is 12.4 Å². The van der Waals surface area contributed by atoms with E-state index in [1.807, 2.05) is 18.2 Å². The fraction of sp³-hybridized carbons (Fsp3) is 0.294. The number of hydrogen-bond donors (Lipinski definition) is 1. The van der Waals surface area contributed by atoms with Crippen LogP contribution in [0.4, 0.5) is 0 Å². The second-order valence-electron chi connectivity index (χ2n) is 6.20. The standard InChI is InChI=1S/C17H17BrClN5O2/c1-16(2,14(18)19)13(25)17(15-21-10-22-23-15,24-9-8-20-11-24)26-12-6-4-3-5-7-12/h3-11,14H,1-2H3,(H,21,22,23). The first-order valence-electron chi connectivity index (χ1n) is 7.81. The number of imidazole rings is 1. The van der Waals surface area contributed by atoms with Crippen molar-refractivity contribution in [2.75, 3.05) is 0 Å². The molecule has 1 N–H and O–H groups in total. The molecule has 0 aliphatic rings. The van der Waals surface area contributed by atoms with Gasteiger partial charge in [-0.3, -0.25) is 14.5 Å². The van der Waals surface area contributed by atoms with Crippen molar-refractivity contribution in [3.8, 4) is 5.75 Å². The van der Waals surface area contributed by atoms with Crippen molar-refractivity contribution in [3.05, 3.63) is 61.2 Å². The smallest absolute Gasteiger partial charge is 0.310 e. The number of ether oxygens (including phenoxy) is 1. The maximum atomic E-state index is 13.7. The second-order valence-corrected chi connectivity index (χ2v) is 8.08. The topological polar surface area (TPSA) is 85.7 Å². The number of carbonyl (C=O) groups is 1. The third-order valence-electron chi connectivity index (χ3n) is 4.03. The Kier molecular flexibility index (Phi) is 5.15. The Balaban J connectivity index is 2.24. The van der Waals surface area contributed by atoms with Gasteiger partial charge < -0.3 is 4.74 Å². The summed E-state index contributed by atoms with van der Waals surface area (Å²) >= 11 is 9.58. The fourth-order valence-electron chi connectivity index (χ4n) is 2.49. The lowest BCUT2D eigenvalue weighted by molar-refractivity contribution is -0.148. The minimum absolute atomic E-state index is 0.155. The minimum atomic E-state index is -1.68. The van der Waals surface area contributed by atoms with E-state index in [0.717, 1.165) is 0 Å². The first-order valence-corrected chi connectivity index (χ1v) is 9.16. The van der Waals surface area contributed by atoms with E-state index in [4.69, 9.17) is 16.3 Å². The maximum Gasteiger partial charge on any atom is 0.310 e. The Labute approximate surface area is 163 Å². The van der Waals surface area contributed by atoms with Gasteiger partial charge >= 0.3 is 5.72 Å². The summed E-state index contributed by atoms with van der Waals surface area (Å²) in [5.74, 6) is 0.307. The number of alkyl halides is 2. The number of aromatic nitrogens is 5. The minimum Gasteiger partial charge on any atom is -0.453 e. The van der Waals surface area contributed by atoms with Gasteiger partial charge in [-0.2, -0.15) is 5.10 Å². The molecule has 0 bridgehead atoms. The van der Waals surface area contributed by atoms with Crippen molar-refractivity contribution in [1.29, 1.82) is 0 Å². The molecule has 0 aliphatic carbocycles. The third-order valence-corrected chi connectivity index (χ3v) is 5.72. The Bertz CT molecular complexity index is 816. The quantitative estimate of drug-likeness (QED) is 0.572. The zero-order chi connectivity index (χ0) is 18.8. The number of aromatic amines is 1. The molecule has 0 spiro atoms. The number of para-hydroxylation sites is 1. The zero-order valence-electron chi connectivity index (χ0n) is 14.1. The Morgan fingerprint density at radius 3 is 2.62 bits per heavy atom. The van der Waals surface area contributed by atoms with Gasteiger partial charge in [0.15, 0.2) is 0 Å². The average molecular weight is 439 g/mol. The molecule has 9 heteroatoms. The van der Waals surface area contributed by atoms with Crippen LogP contribution in [0.15, 0.2) is 55.4 Å². The van der Waals surface area contributed by atoms with E-state index in [0.29, 0.717) is 5.75 Å². The first kappa shape index (κ1) is 18.6. The van der Waals surface area contributed by atoms with Crippen LogP contribution in [0, 0.1) is 5.41 Å². The van der Waals surface area contributed by atoms with E-state index in [-0.39, 0.29) is 11.6 Å². The van der Waals surface area contributed by atoms with Gasteiger partial charge in [0.05, 0.1) is 11.7 Å². The van der Waals surface area contributed by atoms with Crippen LogP contribution in [0.5, 0.6) is 5.75 Å². The monoisotopic (exact) mass is 437 g/mol. The van der Waals surface area contributed by atoms with Gasteiger partial charge in [-0.25, -0.2) is 9.97 Å². The summed E-state index contributed by atoms with van der Waals surface area (Å²) in [6.07, 6.45) is 6.07. The largest absolute Gasteiger partial charge is 0.453 e. The number of carbonyl (C=O) groups excluding carboxylic acids is 1. The predicted octanol–water partition coefficient (Wildman–Crippen LogP) is 3.34. The third kappa shape index (κ3) is 3.14. The fourth-order valence-corrected chi connectivity index (χ4v) is 2.80. The summed E-state index contributed by atoms with van der Waals surface area (Å²) < 4.78 is 7.14. The zero-order valence-corrected chi connectivity index (χ0v) is 16.5. The maximum absolute atomic E-state index is 13.7. The molecule has 0 aliphatic heterocycles. The molecule has 0 saturated carbocycles. The summed E-state index contributed by atoms with van der Waals surface area (Å²) in [6.45, 7) is 3.46. The summed E-state index contributed by atoms with van der Waals surface area (Å²) in [4.78, 5) is 22.0. The van der Waals surface area contributed by atoms with Crippen molar-refractivity contribution in [2.45, 2.75) is 23.9 Å². The highest BCUT2D eigenvalue weighted by molar-refractivity contribution is 9.10. The number of H-pyrrole nitrogens is 1. The molecule has 1 aromatic carbocycles. The number of benzene rings is 1. The summed E-state index contributed by atoms with van der Waals surface area (Å²) in [7, 11) is 0. The summed E-state index contributed by atoms with van der Waals surface area (Å²) in [5.41, 5.74) is -2.69. The van der Waals surface area contributed by atoms with Crippen LogP contribution in [0.1, 0.15) is 19.7 Å². The van der Waals surface area contributed by atoms with Gasteiger partial charge in [0.25, 0.3) is 0 Å². The molecule has 26 heavy (non-hydrogen) atoms. The van der Waals surface area contributed by atoms with E-state index in [2.05, 4.69) is 36.1 Å². The predicted molar refractivity (Wildman–Crippen MR) is 100 cm³/mol. The number of hydrogen-bond acceptors (Lipinski definition) is 5. The van der Waals surface area contributed by atoms with Crippen LogP contribution < -0.4 is 4.74 Å². The van der Waals surface area contributed by atoms with Gasteiger partial charge in [-0.15, -0.1) is 11.6 Å². The van der Waals surface area contributed by atoms with Crippen LogP contribution in [0.3, 0.4) is 0 Å². The van der Waals surface area contributed by atoms with Crippen molar-refractivity contribution in [2.24, 2.45) is 5.41 Å². The van der Waals surface area contributed by atoms with Crippen LogP contribution in [-0.4, -0.2) is 34.8 Å². The highest BCUT2D eigenvalue weighted by atomic mass is 79.9. The molecule has 2 heterocycles. The van der Waals surface area contributed by atoms with Crippen LogP contribution in [-0.2, 0) is 10.5 Å². The molecule has 0 radical (unpaired) electrons. The van der Waals surface area contributed by atoms with Crippen molar-refractivity contribution in [3.63, 3.8) is 0 Å². The van der Waals surface area contributed by atoms with E-state index < -0.39 is 15.4 Å². The second kappa shape index (κ2) is 7.20. The van der Waals surface area contributed by atoms with E-state index in [1.165, 1.54) is 12.7 Å². The number of halogens is 2. The molecule has 0 amide bonds. The number of Topliss-reactive ketones (excluding diaryl/α,β-unsaturated/α-hetero) is 1. The lowest BCUT2D eigenvalue weighted by Crippen LogP contribution is -2.55. The lowest BCUT2D eigenvalue weighted by atomic mass is 9.83. The normalized spacial score (nSPS) is 15.2. The summed E-state index contributed by atoms with van der Waals surface area (Å²) in [6, 6.07) is 9.00. The molecule has 136 valence electrons. The van der Waals surface area contributed by atoms with Crippen LogP contribution in [0.25, 0.3) is 0 Å². The molecule has 7 nitrogen and oxygen atoms in total. The van der Waals surface area contributed by atoms with Crippen molar-refractivity contribution >= 4 is 33.3 Å². The Morgan fingerprint density at radius 1 is 1.35 bits per heavy atom. The molecule has 0 saturated heterocycles. The van der Waals surface area contributed by atoms with E-state index >= 15 is 0 Å². The molecule has 0 fully saturated rings. The number of rotatable bonds is 7. The van der Waals surface area contributed by atoms with Gasteiger partial charge in [-0.1, -0.05) is 48.0 Å². The highest BCUT2D eigenvalue weighted by Gasteiger charge is 2.55. The molecule has 3 rings (SSSR count). The lowest BCUT2D eigenvalue weighted by Gasteiger charge is -2.38. The Morgan fingerprint density at radius 2 is 2.08 bits per heavy atom. The summed E-state index contributed by atoms with van der Waals surface area (Å²) in [5, 5.41) is 6.79. The average Bonchev–Trinajstić information content (AvgIpc) is 3.34. The molecular weight excluding hydrogens is 422 g/mol. The van der Waals surface area contributed by atoms with Gasteiger partial charge in [0.2, 0.25) is 11.6 Å². The van der Waals surface area contributed by atoms with Crippen molar-refractivity contribution < 1.29 is 9.53 Å². The van der Waals surface area contributed by atoms with Crippen LogP contribution in [0.2, 0.25) is 0 Å². The first-order chi connectivity index (χ1) is 12.4. The highest BCUT2D eigenvalue weighted by Crippen LogP contribution is 2.40.